The molecule has 0 spiro atoms. The highest BCUT2D eigenvalue weighted by atomic mass is 16.2. The van der Waals surface area contributed by atoms with Crippen LogP contribution in [0.2, 0.25) is 0 Å². The van der Waals surface area contributed by atoms with Gasteiger partial charge in [-0.1, -0.05) is 0 Å². The van der Waals surface area contributed by atoms with E-state index in [-0.39, 0.29) is 5.91 Å². The molecule has 19 heavy (non-hydrogen) atoms. The Morgan fingerprint density at radius 3 is 2.53 bits per heavy atom. The summed E-state index contributed by atoms with van der Waals surface area (Å²) in [5.41, 5.74) is 9.31. The number of rotatable bonds is 3. The van der Waals surface area contributed by atoms with Crippen LogP contribution in [-0.2, 0) is 20.6 Å². The zero-order valence-electron chi connectivity index (χ0n) is 11.6. The second-order valence-electron chi connectivity index (χ2n) is 4.53. The number of anilines is 1. The zero-order valence-corrected chi connectivity index (χ0v) is 11.6. The molecular weight excluding hydrogens is 244 g/mol. The fourth-order valence-electron chi connectivity index (χ4n) is 1.92. The minimum absolute atomic E-state index is 0.233. The van der Waals surface area contributed by atoms with Gasteiger partial charge in [-0.2, -0.15) is 10.2 Å². The standard InChI is InChI=1S/C12H18N6O/c1-7-10(13)11(18(4)16-7)12(19)14-5-9-6-15-17(3)8(9)2/h6H,5,13H2,1-4H3,(H,14,19). The van der Waals surface area contributed by atoms with E-state index in [1.54, 1.807) is 24.9 Å². The molecule has 0 atom stereocenters. The fraction of sp³-hybridized carbons (Fsp3) is 0.417. The summed E-state index contributed by atoms with van der Waals surface area (Å²) in [7, 11) is 3.57. The number of nitrogens with zero attached hydrogens (tertiary/aromatic N) is 4. The molecular formula is C12H18N6O. The van der Waals surface area contributed by atoms with Gasteiger partial charge >= 0.3 is 0 Å². The highest BCUT2D eigenvalue weighted by Crippen LogP contribution is 2.15. The average molecular weight is 262 g/mol. The minimum Gasteiger partial charge on any atom is -0.395 e. The third-order valence-electron chi connectivity index (χ3n) is 3.26. The number of carbonyl (C=O) groups excluding carboxylic acids is 1. The molecule has 2 aromatic heterocycles. The highest BCUT2D eigenvalue weighted by molar-refractivity contribution is 5.97. The molecule has 0 aliphatic carbocycles. The SMILES string of the molecule is Cc1nn(C)c(C(=O)NCc2cnn(C)c2C)c1N. The van der Waals surface area contributed by atoms with Crippen molar-refractivity contribution in [1.29, 1.82) is 0 Å². The maximum atomic E-state index is 12.1. The summed E-state index contributed by atoms with van der Waals surface area (Å²) in [5, 5.41) is 11.1. The van der Waals surface area contributed by atoms with Crippen molar-refractivity contribution in [3.63, 3.8) is 0 Å². The number of hydrogen-bond acceptors (Lipinski definition) is 4. The molecule has 7 heteroatoms. The zero-order chi connectivity index (χ0) is 14.2. The molecule has 7 nitrogen and oxygen atoms in total. The van der Waals surface area contributed by atoms with Crippen molar-refractivity contribution in [2.45, 2.75) is 20.4 Å². The van der Waals surface area contributed by atoms with Crippen LogP contribution in [0.5, 0.6) is 0 Å². The maximum Gasteiger partial charge on any atom is 0.271 e. The molecule has 2 aromatic rings. The van der Waals surface area contributed by atoms with Crippen LogP contribution < -0.4 is 11.1 Å². The van der Waals surface area contributed by atoms with Gasteiger partial charge in [0.15, 0.2) is 0 Å². The molecule has 0 aliphatic heterocycles. The van der Waals surface area contributed by atoms with Crippen LogP contribution in [0, 0.1) is 13.8 Å². The summed E-state index contributed by atoms with van der Waals surface area (Å²) in [4.78, 5) is 12.1. The van der Waals surface area contributed by atoms with Crippen LogP contribution in [0.3, 0.4) is 0 Å². The smallest absolute Gasteiger partial charge is 0.271 e. The van der Waals surface area contributed by atoms with E-state index in [2.05, 4.69) is 15.5 Å². The van der Waals surface area contributed by atoms with Gasteiger partial charge in [-0.15, -0.1) is 0 Å². The summed E-state index contributed by atoms with van der Waals surface area (Å²) in [6, 6.07) is 0. The lowest BCUT2D eigenvalue weighted by Crippen LogP contribution is -2.26. The Balaban J connectivity index is 2.12. The van der Waals surface area contributed by atoms with Crippen molar-refractivity contribution in [3.05, 3.63) is 28.8 Å². The first-order chi connectivity index (χ1) is 8.91. The number of aryl methyl sites for hydroxylation is 3. The molecule has 0 bridgehead atoms. The second-order valence-corrected chi connectivity index (χ2v) is 4.53. The molecule has 2 rings (SSSR count). The van der Waals surface area contributed by atoms with E-state index in [9.17, 15) is 4.79 Å². The number of amides is 1. The van der Waals surface area contributed by atoms with Gasteiger partial charge in [0.05, 0.1) is 17.6 Å². The monoisotopic (exact) mass is 262 g/mol. The van der Waals surface area contributed by atoms with Crippen molar-refractivity contribution >= 4 is 11.6 Å². The Labute approximate surface area is 111 Å². The van der Waals surface area contributed by atoms with E-state index in [0.29, 0.717) is 23.6 Å². The highest BCUT2D eigenvalue weighted by Gasteiger charge is 2.18. The largest absolute Gasteiger partial charge is 0.395 e. The summed E-state index contributed by atoms with van der Waals surface area (Å²) in [6.07, 6.45) is 1.74. The van der Waals surface area contributed by atoms with Crippen molar-refractivity contribution < 1.29 is 4.79 Å². The van der Waals surface area contributed by atoms with E-state index < -0.39 is 0 Å². The van der Waals surface area contributed by atoms with Gasteiger partial charge in [-0.05, 0) is 13.8 Å². The van der Waals surface area contributed by atoms with Gasteiger partial charge in [-0.3, -0.25) is 14.2 Å². The quantitative estimate of drug-likeness (QED) is 0.831. The molecule has 0 unspecified atom stereocenters. The molecule has 0 radical (unpaired) electrons. The van der Waals surface area contributed by atoms with Crippen molar-refractivity contribution in [1.82, 2.24) is 24.9 Å². The van der Waals surface area contributed by atoms with Crippen LogP contribution in [0.1, 0.15) is 27.4 Å². The van der Waals surface area contributed by atoms with Gasteiger partial charge in [0.1, 0.15) is 5.69 Å². The summed E-state index contributed by atoms with van der Waals surface area (Å²) >= 11 is 0. The Hall–Kier alpha value is -2.31. The number of hydrogen-bond donors (Lipinski definition) is 2. The fourth-order valence-corrected chi connectivity index (χ4v) is 1.92. The molecule has 0 fully saturated rings. The van der Waals surface area contributed by atoms with Gasteiger partial charge < -0.3 is 11.1 Å². The lowest BCUT2D eigenvalue weighted by molar-refractivity contribution is 0.0942. The van der Waals surface area contributed by atoms with Gasteiger partial charge in [0, 0.05) is 31.9 Å². The predicted molar refractivity (Wildman–Crippen MR) is 71.5 cm³/mol. The van der Waals surface area contributed by atoms with Crippen LogP contribution in [0.15, 0.2) is 6.20 Å². The minimum atomic E-state index is -0.233. The number of carbonyl (C=O) groups is 1. The van der Waals surface area contributed by atoms with E-state index in [1.165, 1.54) is 4.68 Å². The predicted octanol–water partition coefficient (Wildman–Crippen LogP) is 0.283. The van der Waals surface area contributed by atoms with Gasteiger partial charge in [-0.25, -0.2) is 0 Å². The maximum absolute atomic E-state index is 12.1. The Morgan fingerprint density at radius 1 is 1.37 bits per heavy atom. The van der Waals surface area contributed by atoms with Crippen LogP contribution in [0.4, 0.5) is 5.69 Å². The lowest BCUT2D eigenvalue weighted by atomic mass is 10.2. The molecule has 102 valence electrons. The first kappa shape index (κ1) is 13.1. The molecule has 3 N–H and O–H groups in total. The Kier molecular flexibility index (Phi) is 3.28. The Morgan fingerprint density at radius 2 is 2.05 bits per heavy atom. The lowest BCUT2D eigenvalue weighted by Gasteiger charge is -2.06. The average Bonchev–Trinajstić information content (AvgIpc) is 2.79. The number of nitrogens with two attached hydrogens (primary N) is 1. The molecule has 2 heterocycles. The molecule has 0 saturated carbocycles. The van der Waals surface area contributed by atoms with Crippen LogP contribution in [-0.4, -0.2) is 25.5 Å². The summed E-state index contributed by atoms with van der Waals surface area (Å²) in [5.74, 6) is -0.233. The molecule has 0 aliphatic rings. The van der Waals surface area contributed by atoms with Gasteiger partial charge in [0.2, 0.25) is 0 Å². The van der Waals surface area contributed by atoms with E-state index in [1.807, 2.05) is 14.0 Å². The number of nitrogens with one attached hydrogen (secondary N) is 1. The number of aromatic nitrogens is 4. The normalized spacial score (nSPS) is 10.7. The Bertz CT molecular complexity index is 624. The summed E-state index contributed by atoms with van der Waals surface area (Å²) < 4.78 is 3.26. The second kappa shape index (κ2) is 4.75. The van der Waals surface area contributed by atoms with Crippen molar-refractivity contribution in [3.8, 4) is 0 Å². The van der Waals surface area contributed by atoms with E-state index >= 15 is 0 Å². The van der Waals surface area contributed by atoms with Crippen molar-refractivity contribution in [2.75, 3.05) is 5.73 Å². The van der Waals surface area contributed by atoms with E-state index in [0.717, 1.165) is 11.3 Å². The van der Waals surface area contributed by atoms with Gasteiger partial charge in [0.25, 0.3) is 5.91 Å². The molecule has 1 amide bonds. The first-order valence-electron chi connectivity index (χ1n) is 5.96. The number of nitrogen functional groups attached to an aromatic ring is 1. The van der Waals surface area contributed by atoms with Crippen LogP contribution >= 0.6 is 0 Å². The van der Waals surface area contributed by atoms with Crippen LogP contribution in [0.25, 0.3) is 0 Å². The first-order valence-corrected chi connectivity index (χ1v) is 5.96. The molecule has 0 saturated heterocycles. The third-order valence-corrected chi connectivity index (χ3v) is 3.26. The summed E-state index contributed by atoms with van der Waals surface area (Å²) in [6.45, 7) is 4.15. The van der Waals surface area contributed by atoms with E-state index in [4.69, 9.17) is 5.73 Å². The third kappa shape index (κ3) is 2.31. The topological polar surface area (TPSA) is 90.8 Å². The molecule has 0 aromatic carbocycles. The van der Waals surface area contributed by atoms with Crippen molar-refractivity contribution in [2.24, 2.45) is 14.1 Å².